The average Bonchev–Trinajstić information content (AvgIpc) is 2.45. The van der Waals surface area contributed by atoms with Crippen LogP contribution in [-0.4, -0.2) is 33.4 Å². The van der Waals surface area contributed by atoms with E-state index in [1.54, 1.807) is 0 Å². The summed E-state index contributed by atoms with van der Waals surface area (Å²) in [5, 5.41) is 0. The summed E-state index contributed by atoms with van der Waals surface area (Å²) < 4.78 is 0. The van der Waals surface area contributed by atoms with Crippen molar-refractivity contribution in [3.05, 3.63) is 59.2 Å². The van der Waals surface area contributed by atoms with Crippen molar-refractivity contribution < 1.29 is 0 Å². The first-order valence-corrected chi connectivity index (χ1v) is 8.63. The van der Waals surface area contributed by atoms with Gasteiger partial charge in [-0.05, 0) is 44.4 Å². The van der Waals surface area contributed by atoms with Crippen LogP contribution < -0.4 is 0 Å². The number of nitrogens with zero attached hydrogens (tertiary/aromatic N) is 3. The molecule has 0 saturated heterocycles. The van der Waals surface area contributed by atoms with Gasteiger partial charge in [0, 0.05) is 36.8 Å². The normalized spacial score (nSPS) is 11.0. The summed E-state index contributed by atoms with van der Waals surface area (Å²) in [5.41, 5.74) is 4.41. The zero-order valence-corrected chi connectivity index (χ0v) is 13.9. The van der Waals surface area contributed by atoms with Gasteiger partial charge in [0.2, 0.25) is 0 Å². The number of aryl methyl sites for hydroxylation is 2. The molecule has 0 unspecified atom stereocenters. The molecule has 0 aliphatic rings. The van der Waals surface area contributed by atoms with Gasteiger partial charge in [-0.1, -0.05) is 12.1 Å². The molecule has 2 rings (SSSR count). The van der Waals surface area contributed by atoms with Crippen molar-refractivity contribution in [2.45, 2.75) is 26.9 Å². The molecule has 0 aliphatic heterocycles. The van der Waals surface area contributed by atoms with E-state index in [2.05, 4.69) is 45.4 Å². The molecule has 0 aromatic carbocycles. The number of pyridine rings is 2. The van der Waals surface area contributed by atoms with Crippen molar-refractivity contribution in [3.63, 3.8) is 0 Å². The van der Waals surface area contributed by atoms with Crippen LogP contribution in [0.15, 0.2) is 36.4 Å². The van der Waals surface area contributed by atoms with Crippen LogP contribution in [0.1, 0.15) is 22.8 Å². The van der Waals surface area contributed by atoms with Gasteiger partial charge in [0.1, 0.15) is 0 Å². The lowest BCUT2D eigenvalue weighted by atomic mass is 10.2. The predicted molar refractivity (Wildman–Crippen MR) is 90.4 cm³/mol. The first-order valence-electron chi connectivity index (χ1n) is 7.24. The van der Waals surface area contributed by atoms with Crippen molar-refractivity contribution in [1.82, 2.24) is 14.9 Å². The van der Waals surface area contributed by atoms with E-state index >= 15 is 0 Å². The van der Waals surface area contributed by atoms with Crippen molar-refractivity contribution in [1.29, 1.82) is 0 Å². The van der Waals surface area contributed by atoms with Crippen molar-refractivity contribution in [2.24, 2.45) is 0 Å². The van der Waals surface area contributed by atoms with Gasteiger partial charge < -0.3 is 0 Å². The molecule has 0 aliphatic carbocycles. The zero-order chi connectivity index (χ0) is 15.1. The van der Waals surface area contributed by atoms with Gasteiger partial charge in [0.25, 0.3) is 0 Å². The lowest BCUT2D eigenvalue weighted by molar-refractivity contribution is 0.267. The molecule has 2 aromatic rings. The minimum Gasteiger partial charge on any atom is -0.291 e. The van der Waals surface area contributed by atoms with E-state index < -0.39 is 0 Å². The molecule has 0 atom stereocenters. The Balaban J connectivity index is 2.06. The molecule has 4 heteroatoms. The molecule has 0 bridgehead atoms. The Kier molecular flexibility index (Phi) is 6.21. The second-order valence-electron chi connectivity index (χ2n) is 5.24. The van der Waals surface area contributed by atoms with Gasteiger partial charge in [-0.15, -0.1) is 0 Å². The summed E-state index contributed by atoms with van der Waals surface area (Å²) in [4.78, 5) is 11.6. The number of hydrogen-bond acceptors (Lipinski definition) is 4. The Morgan fingerprint density at radius 3 is 1.86 bits per heavy atom. The van der Waals surface area contributed by atoms with E-state index in [1.807, 2.05) is 37.7 Å². The summed E-state index contributed by atoms with van der Waals surface area (Å²) in [5.74, 6) is 1.12. The minimum atomic E-state index is 0.873. The topological polar surface area (TPSA) is 29.0 Å². The largest absolute Gasteiger partial charge is 0.291 e. The molecule has 0 radical (unpaired) electrons. The third kappa shape index (κ3) is 5.48. The third-order valence-electron chi connectivity index (χ3n) is 3.27. The predicted octanol–water partition coefficient (Wildman–Crippen LogP) is 3.46. The molecule has 0 amide bonds. The summed E-state index contributed by atoms with van der Waals surface area (Å²) in [6.07, 6.45) is 2.15. The molecule has 0 spiro atoms. The molecule has 0 fully saturated rings. The van der Waals surface area contributed by atoms with Crippen LogP contribution in [0, 0.1) is 13.8 Å². The van der Waals surface area contributed by atoms with Gasteiger partial charge in [-0.2, -0.15) is 11.8 Å². The van der Waals surface area contributed by atoms with E-state index in [-0.39, 0.29) is 0 Å². The molecule has 21 heavy (non-hydrogen) atoms. The van der Waals surface area contributed by atoms with Crippen molar-refractivity contribution >= 4 is 11.8 Å². The SMILES string of the molecule is CSCCN(Cc1cccc(C)n1)Cc1cccc(C)n1. The molecular weight excluding hydrogens is 278 g/mol. The maximum atomic E-state index is 4.61. The molecule has 112 valence electrons. The Hall–Kier alpha value is -1.39. The highest BCUT2D eigenvalue weighted by Gasteiger charge is 2.09. The van der Waals surface area contributed by atoms with Crippen molar-refractivity contribution in [2.75, 3.05) is 18.6 Å². The Morgan fingerprint density at radius 1 is 0.905 bits per heavy atom. The van der Waals surface area contributed by atoms with E-state index in [0.29, 0.717) is 0 Å². The van der Waals surface area contributed by atoms with E-state index in [0.717, 1.165) is 48.2 Å². The molecule has 0 N–H and O–H groups in total. The summed E-state index contributed by atoms with van der Waals surface area (Å²) in [7, 11) is 0. The summed E-state index contributed by atoms with van der Waals surface area (Å²) in [6.45, 7) is 6.87. The Morgan fingerprint density at radius 2 is 1.43 bits per heavy atom. The zero-order valence-electron chi connectivity index (χ0n) is 13.0. The van der Waals surface area contributed by atoms with Crippen LogP contribution in [0.3, 0.4) is 0 Å². The van der Waals surface area contributed by atoms with Crippen molar-refractivity contribution in [3.8, 4) is 0 Å². The number of thioether (sulfide) groups is 1. The van der Waals surface area contributed by atoms with Crippen LogP contribution in [0.2, 0.25) is 0 Å². The first kappa shape index (κ1) is 16.0. The lowest BCUT2D eigenvalue weighted by Gasteiger charge is -2.21. The van der Waals surface area contributed by atoms with E-state index in [9.17, 15) is 0 Å². The van der Waals surface area contributed by atoms with Crippen LogP contribution >= 0.6 is 11.8 Å². The van der Waals surface area contributed by atoms with Crippen LogP contribution in [-0.2, 0) is 13.1 Å². The number of aromatic nitrogens is 2. The van der Waals surface area contributed by atoms with Gasteiger partial charge in [0.05, 0.1) is 11.4 Å². The van der Waals surface area contributed by atoms with E-state index in [4.69, 9.17) is 0 Å². The number of rotatable bonds is 7. The first-order chi connectivity index (χ1) is 10.2. The highest BCUT2D eigenvalue weighted by Crippen LogP contribution is 2.09. The fourth-order valence-electron chi connectivity index (χ4n) is 2.27. The smallest absolute Gasteiger partial charge is 0.0547 e. The summed E-state index contributed by atoms with van der Waals surface area (Å²) >= 11 is 1.87. The van der Waals surface area contributed by atoms with E-state index in [1.165, 1.54) is 0 Å². The van der Waals surface area contributed by atoms with Crippen LogP contribution in [0.25, 0.3) is 0 Å². The average molecular weight is 301 g/mol. The highest BCUT2D eigenvalue weighted by atomic mass is 32.2. The standard InChI is InChI=1S/C17H23N3S/c1-14-6-4-8-16(18-14)12-20(10-11-21-3)13-17-9-5-7-15(2)19-17/h4-9H,10-13H2,1-3H3. The van der Waals surface area contributed by atoms with Gasteiger partial charge in [0.15, 0.2) is 0 Å². The maximum Gasteiger partial charge on any atom is 0.0547 e. The molecular formula is C17H23N3S. The molecule has 0 saturated carbocycles. The van der Waals surface area contributed by atoms with Crippen LogP contribution in [0.4, 0.5) is 0 Å². The molecule has 3 nitrogen and oxygen atoms in total. The third-order valence-corrected chi connectivity index (χ3v) is 3.87. The molecule has 2 heterocycles. The lowest BCUT2D eigenvalue weighted by Crippen LogP contribution is -2.26. The Labute approximate surface area is 131 Å². The fraction of sp³-hybridized carbons (Fsp3) is 0.412. The second kappa shape index (κ2) is 8.15. The monoisotopic (exact) mass is 301 g/mol. The highest BCUT2D eigenvalue weighted by molar-refractivity contribution is 7.98. The Bertz CT molecular complexity index is 524. The van der Waals surface area contributed by atoms with Gasteiger partial charge in [-0.25, -0.2) is 0 Å². The second-order valence-corrected chi connectivity index (χ2v) is 6.23. The van der Waals surface area contributed by atoms with Gasteiger partial charge in [-0.3, -0.25) is 14.9 Å². The molecule has 2 aromatic heterocycles. The quantitative estimate of drug-likeness (QED) is 0.783. The van der Waals surface area contributed by atoms with Gasteiger partial charge >= 0.3 is 0 Å². The maximum absolute atomic E-state index is 4.61. The fourth-order valence-corrected chi connectivity index (χ4v) is 2.71. The number of hydrogen-bond donors (Lipinski definition) is 0. The van der Waals surface area contributed by atoms with Crippen LogP contribution in [0.5, 0.6) is 0 Å². The minimum absolute atomic E-state index is 0.873. The summed E-state index contributed by atoms with van der Waals surface area (Å²) in [6, 6.07) is 12.4.